The molecular weight excluding hydrogens is 676 g/mol. The van der Waals surface area contributed by atoms with Gasteiger partial charge in [0.2, 0.25) is 31.2 Å². The normalized spacial score (nSPS) is 34.7. The minimum atomic E-state index is -5.84. The number of methoxy groups -OCH3 is 2. The van der Waals surface area contributed by atoms with E-state index < -0.39 is 105 Å². The molecule has 2 aliphatic rings. The van der Waals surface area contributed by atoms with Gasteiger partial charge >= 0.3 is 0 Å². The Morgan fingerprint density at radius 1 is 0.810 bits per heavy atom. The van der Waals surface area contributed by atoms with Gasteiger partial charge in [0, 0.05) is 20.1 Å². The zero-order chi connectivity index (χ0) is 32.0. The van der Waals surface area contributed by atoms with Crippen molar-refractivity contribution in [3.63, 3.8) is 0 Å². The van der Waals surface area contributed by atoms with Crippen molar-refractivity contribution >= 4 is 49.5 Å². The third-order valence-corrected chi connectivity index (χ3v) is 7.26. The highest BCUT2D eigenvalue weighted by Gasteiger charge is 2.54. The Kier molecular flexibility index (Phi) is 13.6. The second-order valence-corrected chi connectivity index (χ2v) is 11.6. The first-order chi connectivity index (χ1) is 19.3. The summed E-state index contributed by atoms with van der Waals surface area (Å²) in [5.41, 5.74) is 0. The van der Waals surface area contributed by atoms with Gasteiger partial charge in [0.15, 0.2) is 31.0 Å². The molecule has 0 spiro atoms. The Balaban J connectivity index is 2.57. The highest BCUT2D eigenvalue weighted by molar-refractivity contribution is 7.89. The molecule has 0 aromatic carbocycles. The Bertz CT molecular complexity index is 1210. The summed E-state index contributed by atoms with van der Waals surface area (Å²) in [6.07, 6.45) is -18.5. The lowest BCUT2D eigenvalue weighted by atomic mass is 9.91. The molecule has 2 rings (SSSR count). The molecule has 27 heteroatoms. The molecule has 0 aromatic rings. The molecule has 10 atom stereocenters. The van der Waals surface area contributed by atoms with Gasteiger partial charge in [-0.05, 0) is 0 Å². The predicted molar refractivity (Wildman–Crippen MR) is 114 cm³/mol. The van der Waals surface area contributed by atoms with Crippen LogP contribution in [0.4, 0.5) is 0 Å². The van der Waals surface area contributed by atoms with Gasteiger partial charge in [-0.1, -0.05) is 6.92 Å². The summed E-state index contributed by atoms with van der Waals surface area (Å²) >= 11 is -0.125. The van der Waals surface area contributed by atoms with E-state index in [9.17, 15) is 54.1 Å². The zero-order valence-electron chi connectivity index (χ0n) is 21.0. The average molecular weight is 698 g/mol. The monoisotopic (exact) mass is 697 g/mol. The molecule has 0 amide bonds. The minimum absolute atomic E-state index is 0.125. The zero-order valence-corrected chi connectivity index (χ0v) is 24.3. The maximum atomic E-state index is 11.8. The van der Waals surface area contributed by atoms with Crippen LogP contribution in [0.5, 0.6) is 0 Å². The first-order valence-electron chi connectivity index (χ1n) is 10.7. The summed E-state index contributed by atoms with van der Waals surface area (Å²) < 4.78 is 150. The van der Waals surface area contributed by atoms with Gasteiger partial charge in [-0.25, -0.2) is 25.3 Å². The molecule has 42 heavy (non-hydrogen) atoms. The van der Waals surface area contributed by atoms with E-state index in [-0.39, 0.29) is 12.3 Å². The van der Waals surface area contributed by atoms with Crippen LogP contribution in [0, 0.1) is 5.92 Å². The number of carboxylic acids is 1. The van der Waals surface area contributed by atoms with Gasteiger partial charge in [0.25, 0.3) is 0 Å². The lowest BCUT2D eigenvalue weighted by molar-refractivity contribution is -0.777. The van der Waals surface area contributed by atoms with Crippen molar-refractivity contribution in [2.75, 3.05) is 20.8 Å². The van der Waals surface area contributed by atoms with Crippen LogP contribution < -0.4 is 10.4 Å². The van der Waals surface area contributed by atoms with E-state index in [0.717, 1.165) is 14.2 Å². The molecule has 4 unspecified atom stereocenters. The Hall–Kier alpha value is -0.930. The number of rotatable bonds is 16. The fourth-order valence-corrected chi connectivity index (χ4v) is 5.62. The van der Waals surface area contributed by atoms with E-state index in [2.05, 4.69) is 21.9 Å². The van der Waals surface area contributed by atoms with E-state index in [1.54, 1.807) is 0 Å². The topological polar surface area (TPSA) is 336 Å². The van der Waals surface area contributed by atoms with Crippen LogP contribution >= 0.6 is 12.3 Å². The summed E-state index contributed by atoms with van der Waals surface area (Å²) in [4.78, 5) is 11.8. The summed E-state index contributed by atoms with van der Waals surface area (Å²) in [6.45, 7) is -0.0680. The molecule has 0 aromatic heterocycles. The molecular formula is C15H21O23S4-5. The number of aliphatic carboxylic acids is 1. The number of carbonyl (C=O) groups is 1. The number of hydrogen-bond acceptors (Lipinski definition) is 24. The van der Waals surface area contributed by atoms with Gasteiger partial charge in [-0.15, -0.1) is 4.33 Å². The summed E-state index contributed by atoms with van der Waals surface area (Å²) in [6, 6.07) is 0. The maximum absolute atomic E-state index is 11.8. The Labute approximate surface area is 242 Å². The molecule has 0 N–H and O–H groups in total. The van der Waals surface area contributed by atoms with Crippen LogP contribution in [0.15, 0.2) is 0 Å². The molecule has 23 nitrogen and oxygen atoms in total. The van der Waals surface area contributed by atoms with E-state index >= 15 is 0 Å². The molecule has 248 valence electrons. The number of hydrogen-bond donors (Lipinski definition) is 0. The van der Waals surface area contributed by atoms with Crippen LogP contribution in [0.25, 0.3) is 0 Å². The van der Waals surface area contributed by atoms with Gasteiger partial charge in [0.05, 0.1) is 18.7 Å². The predicted octanol–water partition coefficient (Wildman–Crippen LogP) is -5.79. The van der Waals surface area contributed by atoms with Gasteiger partial charge < -0.3 is 52.5 Å². The number of carbonyl (C=O) groups excluding carboxylic acids is 1. The van der Waals surface area contributed by atoms with Crippen LogP contribution in [0.2, 0.25) is 0 Å². The second kappa shape index (κ2) is 15.4. The maximum Gasteiger partial charge on any atom is 0.218 e. The lowest BCUT2D eigenvalue weighted by Gasteiger charge is -2.49. The summed E-state index contributed by atoms with van der Waals surface area (Å²) in [5.74, 6) is -3.17. The van der Waals surface area contributed by atoms with E-state index in [1.807, 2.05) is 0 Å². The quantitative estimate of drug-likeness (QED) is 0.0362. The van der Waals surface area contributed by atoms with Crippen molar-refractivity contribution in [3.8, 4) is 0 Å². The SMILES string of the molecule is CO[C@H]1O[C@H](COS(=O)(=O)[O-])[C@@H](O[C@@H]2OC(C(=O)[O-])[C@H](OSOO[O-])[C@@H](OC)C2C)C(OS(=O)(=O)[O-])C1OS(=O)(=O)[O-]. The largest absolute Gasteiger partial charge is 0.726 e. The lowest BCUT2D eigenvalue weighted by Crippen LogP contribution is -2.66. The van der Waals surface area contributed by atoms with Crippen LogP contribution in [0.1, 0.15) is 6.92 Å². The molecule has 0 bridgehead atoms. The molecule has 0 aliphatic carbocycles. The van der Waals surface area contributed by atoms with Crippen molar-refractivity contribution in [2.45, 2.75) is 62.2 Å². The highest BCUT2D eigenvalue weighted by atomic mass is 32.3. The summed E-state index contributed by atoms with van der Waals surface area (Å²) in [5, 5.41) is 24.9. The minimum Gasteiger partial charge on any atom is -0.726 e. The van der Waals surface area contributed by atoms with Crippen LogP contribution in [-0.4, -0.2) is 121 Å². The van der Waals surface area contributed by atoms with E-state index in [0.29, 0.717) is 0 Å². The third kappa shape index (κ3) is 10.9. The molecule has 2 heterocycles. The van der Waals surface area contributed by atoms with Crippen LogP contribution in [-0.2, 0) is 85.8 Å². The molecule has 2 saturated heterocycles. The third-order valence-electron chi connectivity index (χ3n) is 5.51. The average Bonchev–Trinajstić information content (AvgIpc) is 2.84. The van der Waals surface area contributed by atoms with Crippen molar-refractivity contribution in [1.82, 2.24) is 0 Å². The molecule has 2 fully saturated rings. The van der Waals surface area contributed by atoms with Crippen molar-refractivity contribution in [2.24, 2.45) is 5.92 Å². The molecule has 0 radical (unpaired) electrons. The van der Waals surface area contributed by atoms with Crippen molar-refractivity contribution in [1.29, 1.82) is 0 Å². The Morgan fingerprint density at radius 3 is 1.88 bits per heavy atom. The second-order valence-electron chi connectivity index (χ2n) is 8.08. The Morgan fingerprint density at radius 2 is 1.40 bits per heavy atom. The number of ether oxygens (including phenoxy) is 5. The van der Waals surface area contributed by atoms with Gasteiger partial charge in [-0.2, -0.15) is 0 Å². The number of carboxylic acid groups (broad SMARTS) is 1. The smallest absolute Gasteiger partial charge is 0.218 e. The van der Waals surface area contributed by atoms with Crippen LogP contribution in [0.3, 0.4) is 0 Å². The molecule has 0 saturated carbocycles. The first-order valence-corrected chi connectivity index (χ1v) is 15.4. The van der Waals surface area contributed by atoms with Gasteiger partial charge in [0.1, 0.15) is 30.5 Å². The van der Waals surface area contributed by atoms with E-state index in [4.69, 9.17) is 27.9 Å². The summed E-state index contributed by atoms with van der Waals surface area (Å²) in [7, 11) is -15.2. The van der Waals surface area contributed by atoms with Gasteiger partial charge in [-0.3, -0.25) is 21.8 Å². The van der Waals surface area contributed by atoms with Crippen molar-refractivity contribution in [3.05, 3.63) is 0 Å². The fourth-order valence-electron chi connectivity index (χ4n) is 4.00. The van der Waals surface area contributed by atoms with E-state index in [1.165, 1.54) is 6.92 Å². The fraction of sp³-hybridized carbons (Fsp3) is 0.933. The molecule has 2 aliphatic heterocycles. The standard InChI is InChI=1S/C15H26O23S4/c1-5-7(28-2)9(34-39-38-37-18)11(13(16)17)33-14(5)32-8-6(4-30-40(19,20)21)31-15(29-3)12(36-42(25,26)27)10(8)35-41(22,23)24/h5-12,14-15,18H,4H2,1-3H3,(H,16,17)(H,19,20,21)(H,22,23,24)(H,25,26,27)/p-5/t5?,6-,7+,8-,9-,10?,11?,12?,14-,15+/m1/s1. The van der Waals surface area contributed by atoms with Crippen molar-refractivity contribution < 1.29 is 104 Å². The first kappa shape index (κ1) is 37.3. The highest BCUT2D eigenvalue weighted by Crippen LogP contribution is 2.37.